The van der Waals surface area contributed by atoms with Crippen LogP contribution in [0.5, 0.6) is 11.5 Å². The van der Waals surface area contributed by atoms with E-state index in [4.69, 9.17) is 9.05 Å². The number of unbranched alkanes of at least 4 members (excludes halogenated alkanes) is 1. The molecule has 0 spiro atoms. The zero-order valence-corrected chi connectivity index (χ0v) is 29.4. The quantitative estimate of drug-likeness (QED) is 0.343. The van der Waals surface area contributed by atoms with Crippen molar-refractivity contribution in [1.29, 1.82) is 0 Å². The van der Waals surface area contributed by atoms with Gasteiger partial charge in [0.25, 0.3) is 0 Å². The Morgan fingerprint density at radius 1 is 0.732 bits per heavy atom. The number of fused-ring (bicyclic) bond motifs is 3. The van der Waals surface area contributed by atoms with Crippen LogP contribution in [0.4, 0.5) is 0 Å². The van der Waals surface area contributed by atoms with Gasteiger partial charge in [0.15, 0.2) is 0 Å². The molecule has 0 amide bonds. The number of benzene rings is 2. The van der Waals surface area contributed by atoms with Gasteiger partial charge in [-0.2, -0.15) is 0 Å². The first-order chi connectivity index (χ1) is 18.5. The van der Waals surface area contributed by atoms with Crippen molar-refractivity contribution in [3.63, 3.8) is 0 Å². The molecule has 5 heteroatoms. The van der Waals surface area contributed by atoms with Gasteiger partial charge in [-0.25, -0.2) is 4.57 Å². The summed E-state index contributed by atoms with van der Waals surface area (Å²) in [6, 6.07) is 6.55. The topological polar surface area (TPSA) is 55.8 Å². The lowest BCUT2D eigenvalue weighted by Gasteiger charge is -2.34. The Hall–Kier alpha value is -1.77. The fourth-order valence-corrected chi connectivity index (χ4v) is 6.96. The Morgan fingerprint density at radius 3 is 1.73 bits per heavy atom. The van der Waals surface area contributed by atoms with Gasteiger partial charge in [0.05, 0.1) is 0 Å². The van der Waals surface area contributed by atoms with E-state index in [1.165, 1.54) is 30.4 Å². The molecule has 2 unspecified atom stereocenters. The lowest BCUT2D eigenvalue weighted by molar-refractivity contribution is 0.289. The van der Waals surface area contributed by atoms with Gasteiger partial charge in [-0.1, -0.05) is 129 Å². The van der Waals surface area contributed by atoms with E-state index >= 15 is 0 Å². The molecule has 2 aromatic rings. The third-order valence-electron chi connectivity index (χ3n) is 8.45. The molecule has 41 heavy (non-hydrogen) atoms. The fraction of sp³-hybridized carbons (Fsp3) is 0.667. The lowest BCUT2D eigenvalue weighted by atomic mass is 9.71. The molecule has 1 heterocycles. The monoisotopic (exact) mass is 584 g/mol. The third kappa shape index (κ3) is 7.42. The Morgan fingerprint density at radius 2 is 1.27 bits per heavy atom. The maximum atomic E-state index is 13.7. The first-order valence-corrected chi connectivity index (χ1v) is 17.1. The standard InChI is InChI=1S/C36H57O4P/c1-15-17-18-23(16-2)19-27-28(34(6,7)8)22-26-25-20-24(33(3,4)5)21-29(35(9,10)11)31(25)39-41(37,38)40-32(26)30(27)36(12,13)14/h20-23H,15-19H2,1-14H3,(H,37,38). The van der Waals surface area contributed by atoms with Gasteiger partial charge in [0.1, 0.15) is 11.5 Å². The molecule has 0 fully saturated rings. The summed E-state index contributed by atoms with van der Waals surface area (Å²) in [4.78, 5) is 11.2. The highest BCUT2D eigenvalue weighted by molar-refractivity contribution is 7.48. The lowest BCUT2D eigenvalue weighted by Crippen LogP contribution is -2.24. The van der Waals surface area contributed by atoms with Crippen LogP contribution in [-0.2, 0) is 32.6 Å². The van der Waals surface area contributed by atoms with Crippen LogP contribution in [0.3, 0.4) is 0 Å². The molecule has 1 aliphatic rings. The predicted octanol–water partition coefficient (Wildman–Crippen LogP) is 11.2. The van der Waals surface area contributed by atoms with Crippen molar-refractivity contribution in [2.45, 2.75) is 151 Å². The summed E-state index contributed by atoms with van der Waals surface area (Å²) >= 11 is 0. The van der Waals surface area contributed by atoms with Crippen molar-refractivity contribution in [2.24, 2.45) is 5.92 Å². The molecule has 0 aliphatic carbocycles. The van der Waals surface area contributed by atoms with Gasteiger partial charge in [-0.05, 0) is 62.8 Å². The molecule has 0 bridgehead atoms. The maximum Gasteiger partial charge on any atom is 0.584 e. The Balaban J connectivity index is 2.59. The minimum Gasteiger partial charge on any atom is -0.394 e. The summed E-state index contributed by atoms with van der Waals surface area (Å²) in [5.41, 5.74) is 6.41. The highest BCUT2D eigenvalue weighted by Crippen LogP contribution is 2.60. The van der Waals surface area contributed by atoms with E-state index < -0.39 is 7.82 Å². The summed E-state index contributed by atoms with van der Waals surface area (Å²) in [5, 5.41) is 0. The average Bonchev–Trinajstić information content (AvgIpc) is 2.89. The minimum absolute atomic E-state index is 0.126. The highest BCUT2D eigenvalue weighted by atomic mass is 31.2. The summed E-state index contributed by atoms with van der Waals surface area (Å²) in [6.45, 7) is 30.9. The molecular weight excluding hydrogens is 527 g/mol. The predicted molar refractivity (Wildman–Crippen MR) is 175 cm³/mol. The van der Waals surface area contributed by atoms with Crippen LogP contribution in [0.15, 0.2) is 18.2 Å². The van der Waals surface area contributed by atoms with Crippen LogP contribution < -0.4 is 9.05 Å². The van der Waals surface area contributed by atoms with Crippen molar-refractivity contribution < 1.29 is 18.5 Å². The van der Waals surface area contributed by atoms with E-state index in [9.17, 15) is 9.46 Å². The van der Waals surface area contributed by atoms with Crippen LogP contribution in [0.1, 0.15) is 150 Å². The van der Waals surface area contributed by atoms with Gasteiger partial charge in [-0.15, -0.1) is 0 Å². The molecule has 230 valence electrons. The largest absolute Gasteiger partial charge is 0.584 e. The molecule has 0 radical (unpaired) electrons. The zero-order valence-electron chi connectivity index (χ0n) is 28.5. The van der Waals surface area contributed by atoms with E-state index in [0.717, 1.165) is 40.7 Å². The molecule has 2 atom stereocenters. The average molecular weight is 585 g/mol. The van der Waals surface area contributed by atoms with Gasteiger partial charge in [0.2, 0.25) is 0 Å². The van der Waals surface area contributed by atoms with E-state index in [1.54, 1.807) is 0 Å². The van der Waals surface area contributed by atoms with Crippen LogP contribution in [0.2, 0.25) is 0 Å². The van der Waals surface area contributed by atoms with Crippen LogP contribution in [0.25, 0.3) is 11.1 Å². The number of hydrogen-bond acceptors (Lipinski definition) is 3. The van der Waals surface area contributed by atoms with Crippen LogP contribution >= 0.6 is 7.82 Å². The second-order valence-electron chi connectivity index (χ2n) is 16.3. The number of phosphoric ester groups is 1. The zero-order chi connectivity index (χ0) is 31.3. The van der Waals surface area contributed by atoms with Gasteiger partial charge in [-0.3, -0.25) is 4.89 Å². The molecule has 4 nitrogen and oxygen atoms in total. The molecule has 2 aromatic carbocycles. The van der Waals surface area contributed by atoms with E-state index in [0.29, 0.717) is 17.4 Å². The van der Waals surface area contributed by atoms with Crippen molar-refractivity contribution >= 4 is 7.82 Å². The molecule has 0 saturated heterocycles. The summed E-state index contributed by atoms with van der Waals surface area (Å²) in [6.07, 6.45) is 5.57. The summed E-state index contributed by atoms with van der Waals surface area (Å²) in [5.74, 6) is 1.49. The third-order valence-corrected chi connectivity index (χ3v) is 9.27. The molecule has 0 saturated carbocycles. The number of phosphoric acid groups is 1. The molecule has 1 aliphatic heterocycles. The van der Waals surface area contributed by atoms with Crippen molar-refractivity contribution in [3.8, 4) is 22.6 Å². The van der Waals surface area contributed by atoms with Crippen LogP contribution in [-0.4, -0.2) is 4.89 Å². The molecule has 3 rings (SSSR count). The van der Waals surface area contributed by atoms with Crippen molar-refractivity contribution in [3.05, 3.63) is 46.0 Å². The SMILES string of the molecule is CCCCC(CC)Cc1c(C(C)(C)C)cc2c(c1C(C)(C)C)OP(=O)(O)Oc1c-2cc(C(C)(C)C)cc1C(C)(C)C. The van der Waals surface area contributed by atoms with Crippen molar-refractivity contribution in [1.82, 2.24) is 0 Å². The summed E-state index contributed by atoms with van der Waals surface area (Å²) < 4.78 is 25.9. The maximum absolute atomic E-state index is 13.7. The van der Waals surface area contributed by atoms with E-state index in [2.05, 4.69) is 115 Å². The second kappa shape index (κ2) is 11.4. The molecule has 1 N–H and O–H groups in total. The van der Waals surface area contributed by atoms with Crippen molar-refractivity contribution in [2.75, 3.05) is 0 Å². The van der Waals surface area contributed by atoms with Gasteiger partial charge < -0.3 is 9.05 Å². The number of rotatable bonds is 6. The first kappa shape index (κ1) is 33.7. The minimum atomic E-state index is -4.48. The highest BCUT2D eigenvalue weighted by Gasteiger charge is 2.41. The first-order valence-electron chi connectivity index (χ1n) is 15.6. The Bertz CT molecular complexity index is 1310. The fourth-order valence-electron chi connectivity index (χ4n) is 6.07. The molecular formula is C36H57O4P. The smallest absolute Gasteiger partial charge is 0.394 e. The van der Waals surface area contributed by atoms with Gasteiger partial charge in [0, 0.05) is 22.3 Å². The van der Waals surface area contributed by atoms with E-state index in [1.807, 2.05) is 0 Å². The Kier molecular flexibility index (Phi) is 9.36. The summed E-state index contributed by atoms with van der Waals surface area (Å²) in [7, 11) is -4.48. The molecule has 0 aromatic heterocycles. The number of hydrogen-bond donors (Lipinski definition) is 1. The Labute approximate surface area is 251 Å². The van der Waals surface area contributed by atoms with Crippen LogP contribution in [0, 0.1) is 5.92 Å². The second-order valence-corrected chi connectivity index (χ2v) is 17.6. The van der Waals surface area contributed by atoms with E-state index in [-0.39, 0.29) is 21.7 Å². The van der Waals surface area contributed by atoms with Gasteiger partial charge >= 0.3 is 7.82 Å². The normalized spacial score (nSPS) is 18.6.